The standard InChI is InChI=1S/C13H16N4O2/c1-8-11(9(2)19-17-8)6-13(18)16-10-4-5-12(14-3)15-7-10/h4-5,7H,6H2,1-3H3,(H,14,15)(H,16,18). The molecule has 2 rings (SSSR count). The van der Waals surface area contributed by atoms with Crippen LogP contribution in [0.3, 0.4) is 0 Å². The Kier molecular flexibility index (Phi) is 3.79. The van der Waals surface area contributed by atoms with Crippen LogP contribution < -0.4 is 10.6 Å². The lowest BCUT2D eigenvalue weighted by Crippen LogP contribution is -2.15. The van der Waals surface area contributed by atoms with Crippen molar-refractivity contribution in [2.45, 2.75) is 20.3 Å². The second-order valence-corrected chi connectivity index (χ2v) is 4.21. The van der Waals surface area contributed by atoms with Crippen LogP contribution in [-0.4, -0.2) is 23.1 Å². The maximum Gasteiger partial charge on any atom is 0.229 e. The van der Waals surface area contributed by atoms with E-state index in [1.165, 1.54) is 0 Å². The van der Waals surface area contributed by atoms with Crippen LogP contribution in [0.2, 0.25) is 0 Å². The average Bonchev–Trinajstić information content (AvgIpc) is 2.71. The molecule has 0 aliphatic rings. The number of nitrogens with zero attached hydrogens (tertiary/aromatic N) is 2. The highest BCUT2D eigenvalue weighted by Crippen LogP contribution is 2.14. The SMILES string of the molecule is CNc1ccc(NC(=O)Cc2c(C)noc2C)cn1. The number of aryl methyl sites for hydroxylation is 2. The van der Waals surface area contributed by atoms with Gasteiger partial charge in [-0.3, -0.25) is 4.79 Å². The number of nitrogens with one attached hydrogen (secondary N) is 2. The van der Waals surface area contributed by atoms with E-state index in [1.807, 2.05) is 6.92 Å². The highest BCUT2D eigenvalue weighted by Gasteiger charge is 2.13. The minimum absolute atomic E-state index is 0.117. The van der Waals surface area contributed by atoms with Crippen molar-refractivity contribution < 1.29 is 9.32 Å². The highest BCUT2D eigenvalue weighted by molar-refractivity contribution is 5.92. The zero-order valence-corrected chi connectivity index (χ0v) is 11.2. The molecule has 2 heterocycles. The summed E-state index contributed by atoms with van der Waals surface area (Å²) in [6.45, 7) is 3.62. The summed E-state index contributed by atoms with van der Waals surface area (Å²) in [5.74, 6) is 1.31. The van der Waals surface area contributed by atoms with E-state index in [2.05, 4.69) is 20.8 Å². The van der Waals surface area contributed by atoms with Gasteiger partial charge < -0.3 is 15.2 Å². The lowest BCUT2D eigenvalue weighted by Gasteiger charge is -2.05. The molecule has 0 fully saturated rings. The van der Waals surface area contributed by atoms with Gasteiger partial charge in [-0.25, -0.2) is 4.98 Å². The van der Waals surface area contributed by atoms with Crippen LogP contribution in [0.15, 0.2) is 22.9 Å². The third-order valence-electron chi connectivity index (χ3n) is 2.82. The van der Waals surface area contributed by atoms with Gasteiger partial charge in [0.1, 0.15) is 11.6 Å². The number of aromatic nitrogens is 2. The first-order chi connectivity index (χ1) is 9.10. The number of hydrogen-bond acceptors (Lipinski definition) is 5. The van der Waals surface area contributed by atoms with E-state index in [9.17, 15) is 4.79 Å². The lowest BCUT2D eigenvalue weighted by atomic mass is 10.1. The maximum absolute atomic E-state index is 11.9. The minimum Gasteiger partial charge on any atom is -0.373 e. The Labute approximate surface area is 111 Å². The molecule has 0 bridgehead atoms. The molecule has 2 aromatic rings. The van der Waals surface area contributed by atoms with Crippen LogP contribution in [0.1, 0.15) is 17.0 Å². The number of pyridine rings is 1. The number of anilines is 2. The predicted molar refractivity (Wildman–Crippen MR) is 72.1 cm³/mol. The number of amides is 1. The van der Waals surface area contributed by atoms with Crippen LogP contribution in [0, 0.1) is 13.8 Å². The van der Waals surface area contributed by atoms with Crippen molar-refractivity contribution >= 4 is 17.4 Å². The summed E-state index contributed by atoms with van der Waals surface area (Å²) in [6, 6.07) is 3.59. The summed E-state index contributed by atoms with van der Waals surface area (Å²) < 4.78 is 5.03. The molecule has 100 valence electrons. The second-order valence-electron chi connectivity index (χ2n) is 4.21. The fourth-order valence-electron chi connectivity index (χ4n) is 1.74. The first-order valence-corrected chi connectivity index (χ1v) is 5.95. The molecule has 2 N–H and O–H groups in total. The summed E-state index contributed by atoms with van der Waals surface area (Å²) >= 11 is 0. The molecule has 0 unspecified atom stereocenters. The number of carbonyl (C=O) groups excluding carboxylic acids is 1. The largest absolute Gasteiger partial charge is 0.373 e. The van der Waals surface area contributed by atoms with Crippen molar-refractivity contribution in [3.63, 3.8) is 0 Å². The zero-order valence-electron chi connectivity index (χ0n) is 11.2. The van der Waals surface area contributed by atoms with Crippen LogP contribution in [0.5, 0.6) is 0 Å². The Morgan fingerprint density at radius 3 is 2.68 bits per heavy atom. The second kappa shape index (κ2) is 5.51. The van der Waals surface area contributed by atoms with E-state index in [0.29, 0.717) is 11.4 Å². The fraction of sp³-hybridized carbons (Fsp3) is 0.308. The summed E-state index contributed by atoms with van der Waals surface area (Å²) in [5.41, 5.74) is 2.24. The normalized spacial score (nSPS) is 10.3. The van der Waals surface area contributed by atoms with Crippen molar-refractivity contribution in [2.24, 2.45) is 0 Å². The van der Waals surface area contributed by atoms with E-state index < -0.39 is 0 Å². The summed E-state index contributed by atoms with van der Waals surface area (Å²) in [7, 11) is 1.79. The molecule has 0 saturated heterocycles. The Morgan fingerprint density at radius 1 is 1.37 bits per heavy atom. The van der Waals surface area contributed by atoms with Crippen LogP contribution in [-0.2, 0) is 11.2 Å². The van der Waals surface area contributed by atoms with E-state index in [1.54, 1.807) is 32.3 Å². The molecular formula is C13H16N4O2. The predicted octanol–water partition coefficient (Wildman–Crippen LogP) is 1.91. The molecule has 19 heavy (non-hydrogen) atoms. The van der Waals surface area contributed by atoms with Crippen molar-refractivity contribution in [2.75, 3.05) is 17.7 Å². The Hall–Kier alpha value is -2.37. The number of rotatable bonds is 4. The van der Waals surface area contributed by atoms with Gasteiger partial charge in [0.2, 0.25) is 5.91 Å². The maximum atomic E-state index is 11.9. The smallest absolute Gasteiger partial charge is 0.229 e. The molecule has 0 aromatic carbocycles. The van der Waals surface area contributed by atoms with E-state index in [-0.39, 0.29) is 12.3 Å². The van der Waals surface area contributed by atoms with Gasteiger partial charge in [0.05, 0.1) is 24.0 Å². The average molecular weight is 260 g/mol. The first kappa shape index (κ1) is 13.1. The Balaban J connectivity index is 2.01. The zero-order chi connectivity index (χ0) is 13.8. The Bertz CT molecular complexity index is 555. The van der Waals surface area contributed by atoms with Gasteiger partial charge in [-0.1, -0.05) is 5.16 Å². The number of carbonyl (C=O) groups is 1. The molecule has 0 spiro atoms. The van der Waals surface area contributed by atoms with Crippen LogP contribution >= 0.6 is 0 Å². The topological polar surface area (TPSA) is 80.0 Å². The monoisotopic (exact) mass is 260 g/mol. The molecule has 6 nitrogen and oxygen atoms in total. The Morgan fingerprint density at radius 2 is 2.16 bits per heavy atom. The van der Waals surface area contributed by atoms with Gasteiger partial charge in [0.15, 0.2) is 0 Å². The molecule has 6 heteroatoms. The van der Waals surface area contributed by atoms with Gasteiger partial charge in [-0.05, 0) is 26.0 Å². The molecule has 1 amide bonds. The quantitative estimate of drug-likeness (QED) is 0.877. The van der Waals surface area contributed by atoms with E-state index in [4.69, 9.17) is 4.52 Å². The van der Waals surface area contributed by atoms with Crippen LogP contribution in [0.4, 0.5) is 11.5 Å². The van der Waals surface area contributed by atoms with Gasteiger partial charge in [0.25, 0.3) is 0 Å². The molecule has 0 aliphatic heterocycles. The van der Waals surface area contributed by atoms with Crippen molar-refractivity contribution in [1.82, 2.24) is 10.1 Å². The van der Waals surface area contributed by atoms with E-state index in [0.717, 1.165) is 17.1 Å². The molecule has 0 aliphatic carbocycles. The first-order valence-electron chi connectivity index (χ1n) is 5.95. The van der Waals surface area contributed by atoms with Gasteiger partial charge in [0, 0.05) is 12.6 Å². The van der Waals surface area contributed by atoms with Crippen molar-refractivity contribution in [1.29, 1.82) is 0 Å². The lowest BCUT2D eigenvalue weighted by molar-refractivity contribution is -0.115. The highest BCUT2D eigenvalue weighted by atomic mass is 16.5. The van der Waals surface area contributed by atoms with Crippen molar-refractivity contribution in [3.05, 3.63) is 35.3 Å². The van der Waals surface area contributed by atoms with Gasteiger partial charge in [-0.15, -0.1) is 0 Å². The summed E-state index contributed by atoms with van der Waals surface area (Å²) in [4.78, 5) is 16.0. The molecule has 0 saturated carbocycles. The molecule has 0 atom stereocenters. The fourth-order valence-corrected chi connectivity index (χ4v) is 1.74. The van der Waals surface area contributed by atoms with Crippen molar-refractivity contribution in [3.8, 4) is 0 Å². The number of hydrogen-bond donors (Lipinski definition) is 2. The summed E-state index contributed by atoms with van der Waals surface area (Å²) in [6.07, 6.45) is 1.85. The van der Waals surface area contributed by atoms with Gasteiger partial charge in [-0.2, -0.15) is 0 Å². The molecule has 0 radical (unpaired) electrons. The summed E-state index contributed by atoms with van der Waals surface area (Å²) in [5, 5.41) is 9.52. The molecular weight excluding hydrogens is 244 g/mol. The van der Waals surface area contributed by atoms with Crippen LogP contribution in [0.25, 0.3) is 0 Å². The minimum atomic E-state index is -0.117. The van der Waals surface area contributed by atoms with Gasteiger partial charge >= 0.3 is 0 Å². The van der Waals surface area contributed by atoms with E-state index >= 15 is 0 Å². The third kappa shape index (κ3) is 3.09. The third-order valence-corrected chi connectivity index (χ3v) is 2.82. The molecule has 2 aromatic heterocycles.